The largest absolute Gasteiger partial charge is 0.497 e. The molecule has 0 aliphatic carbocycles. The first-order chi connectivity index (χ1) is 9.65. The van der Waals surface area contributed by atoms with Crippen molar-refractivity contribution >= 4 is 16.7 Å². The van der Waals surface area contributed by atoms with Crippen molar-refractivity contribution in [1.82, 2.24) is 4.90 Å². The number of carbonyl (C=O) groups is 1. The summed E-state index contributed by atoms with van der Waals surface area (Å²) in [5.74, 6) is -0.0242. The molecule has 1 aliphatic heterocycles. The second-order valence-corrected chi connectivity index (χ2v) is 5.28. The number of benzene rings is 2. The second-order valence-electron chi connectivity index (χ2n) is 5.28. The van der Waals surface area contributed by atoms with E-state index >= 15 is 0 Å². The number of nitrogens with zero attached hydrogens (tertiary/aromatic N) is 1. The molecule has 4 heteroatoms. The maximum atomic E-state index is 10.8. The molecule has 4 nitrogen and oxygen atoms in total. The highest BCUT2D eigenvalue weighted by Gasteiger charge is 2.32. The van der Waals surface area contributed by atoms with E-state index in [2.05, 4.69) is 23.1 Å². The average Bonchev–Trinajstić information content (AvgIpc) is 2.41. The number of ether oxygens (including phenoxy) is 1. The molecule has 3 rings (SSSR count). The first-order valence-corrected chi connectivity index (χ1v) is 6.67. The number of likely N-dealkylation sites (tertiary alicyclic amines) is 1. The summed E-state index contributed by atoms with van der Waals surface area (Å²) in [6.07, 6.45) is 0. The van der Waals surface area contributed by atoms with Gasteiger partial charge in [-0.2, -0.15) is 0 Å². The lowest BCUT2D eigenvalue weighted by atomic mass is 9.99. The molecular weight excluding hydrogens is 254 g/mol. The van der Waals surface area contributed by atoms with Gasteiger partial charge in [0.05, 0.1) is 13.0 Å². The minimum atomic E-state index is -0.688. The molecule has 2 aromatic rings. The smallest absolute Gasteiger partial charge is 0.309 e. The molecule has 2 aromatic carbocycles. The van der Waals surface area contributed by atoms with Crippen molar-refractivity contribution < 1.29 is 14.6 Å². The Hall–Kier alpha value is -2.07. The van der Waals surface area contributed by atoms with Gasteiger partial charge in [0.1, 0.15) is 5.75 Å². The van der Waals surface area contributed by atoms with Crippen LogP contribution < -0.4 is 4.74 Å². The van der Waals surface area contributed by atoms with Gasteiger partial charge in [0, 0.05) is 19.6 Å². The van der Waals surface area contributed by atoms with E-state index in [1.54, 1.807) is 7.11 Å². The van der Waals surface area contributed by atoms with E-state index in [-0.39, 0.29) is 5.92 Å². The van der Waals surface area contributed by atoms with Gasteiger partial charge >= 0.3 is 5.97 Å². The Kier molecular flexibility index (Phi) is 3.32. The van der Waals surface area contributed by atoms with Gasteiger partial charge in [0.15, 0.2) is 0 Å². The topological polar surface area (TPSA) is 49.8 Å². The van der Waals surface area contributed by atoms with Gasteiger partial charge in [-0.3, -0.25) is 9.69 Å². The first kappa shape index (κ1) is 12.9. The second kappa shape index (κ2) is 5.13. The van der Waals surface area contributed by atoms with Gasteiger partial charge in [-0.25, -0.2) is 0 Å². The maximum Gasteiger partial charge on any atom is 0.309 e. The van der Waals surface area contributed by atoms with E-state index in [0.29, 0.717) is 13.1 Å². The van der Waals surface area contributed by atoms with Crippen LogP contribution in [0.5, 0.6) is 5.75 Å². The summed E-state index contributed by atoms with van der Waals surface area (Å²) in [5, 5.41) is 11.2. The van der Waals surface area contributed by atoms with Crippen molar-refractivity contribution in [3.8, 4) is 5.75 Å². The summed E-state index contributed by atoms with van der Waals surface area (Å²) in [6.45, 7) is 2.11. The quantitative estimate of drug-likeness (QED) is 0.927. The number of carboxylic acid groups (broad SMARTS) is 1. The molecule has 0 radical (unpaired) electrons. The monoisotopic (exact) mass is 271 g/mol. The molecule has 0 unspecified atom stereocenters. The van der Waals surface area contributed by atoms with E-state index < -0.39 is 5.97 Å². The maximum absolute atomic E-state index is 10.8. The van der Waals surface area contributed by atoms with Crippen LogP contribution in [0.15, 0.2) is 36.4 Å². The zero-order valence-corrected chi connectivity index (χ0v) is 11.4. The van der Waals surface area contributed by atoms with Crippen LogP contribution in [0.3, 0.4) is 0 Å². The fraction of sp³-hybridized carbons (Fsp3) is 0.312. The standard InChI is InChI=1S/C16H17NO3/c1-20-15-5-4-12-6-11(2-3-13(12)7-15)8-17-9-14(10-17)16(18)19/h2-7,14H,8-10H2,1H3,(H,18,19). The zero-order chi connectivity index (χ0) is 14.1. The molecule has 0 spiro atoms. The molecule has 1 heterocycles. The van der Waals surface area contributed by atoms with Gasteiger partial charge < -0.3 is 9.84 Å². The van der Waals surface area contributed by atoms with E-state index in [0.717, 1.165) is 17.7 Å². The minimum absolute atomic E-state index is 0.195. The summed E-state index contributed by atoms with van der Waals surface area (Å²) < 4.78 is 5.21. The Morgan fingerprint density at radius 2 is 1.95 bits per heavy atom. The van der Waals surface area contributed by atoms with Crippen molar-refractivity contribution in [3.05, 3.63) is 42.0 Å². The third-order valence-electron chi connectivity index (χ3n) is 3.82. The molecule has 0 atom stereocenters. The normalized spacial score (nSPS) is 16.1. The van der Waals surface area contributed by atoms with Crippen LogP contribution in [-0.4, -0.2) is 36.2 Å². The Labute approximate surface area is 117 Å². The molecule has 104 valence electrons. The van der Waals surface area contributed by atoms with Crippen molar-refractivity contribution in [2.24, 2.45) is 5.92 Å². The van der Waals surface area contributed by atoms with Gasteiger partial charge in [-0.1, -0.05) is 18.2 Å². The molecule has 20 heavy (non-hydrogen) atoms. The lowest BCUT2D eigenvalue weighted by Crippen LogP contribution is -2.49. The minimum Gasteiger partial charge on any atom is -0.497 e. The summed E-state index contributed by atoms with van der Waals surface area (Å²) >= 11 is 0. The zero-order valence-electron chi connectivity index (χ0n) is 11.4. The summed E-state index contributed by atoms with van der Waals surface area (Å²) in [4.78, 5) is 12.9. The van der Waals surface area contributed by atoms with Gasteiger partial charge in [-0.05, 0) is 34.5 Å². The van der Waals surface area contributed by atoms with Crippen molar-refractivity contribution in [3.63, 3.8) is 0 Å². The highest BCUT2D eigenvalue weighted by atomic mass is 16.5. The van der Waals surface area contributed by atoms with Crippen LogP contribution in [0.1, 0.15) is 5.56 Å². The van der Waals surface area contributed by atoms with E-state index in [9.17, 15) is 4.79 Å². The molecule has 0 aromatic heterocycles. The van der Waals surface area contributed by atoms with Crippen molar-refractivity contribution in [2.75, 3.05) is 20.2 Å². The highest BCUT2D eigenvalue weighted by Crippen LogP contribution is 2.24. The number of methoxy groups -OCH3 is 1. The van der Waals surface area contributed by atoms with Crippen LogP contribution in [0, 0.1) is 5.92 Å². The molecular formula is C16H17NO3. The molecule has 0 saturated carbocycles. The molecule has 0 bridgehead atoms. The lowest BCUT2D eigenvalue weighted by molar-refractivity contribution is -0.147. The Bertz CT molecular complexity index is 647. The molecule has 1 N–H and O–H groups in total. The lowest BCUT2D eigenvalue weighted by Gasteiger charge is -2.36. The number of rotatable bonds is 4. The Morgan fingerprint density at radius 1 is 1.25 bits per heavy atom. The average molecular weight is 271 g/mol. The molecule has 1 aliphatic rings. The van der Waals surface area contributed by atoms with Gasteiger partial charge in [0.2, 0.25) is 0 Å². The number of hydrogen-bond acceptors (Lipinski definition) is 3. The highest BCUT2D eigenvalue weighted by molar-refractivity contribution is 5.84. The molecule has 1 saturated heterocycles. The molecule has 1 fully saturated rings. The number of hydrogen-bond donors (Lipinski definition) is 1. The predicted molar refractivity (Wildman–Crippen MR) is 76.9 cm³/mol. The van der Waals surface area contributed by atoms with Gasteiger partial charge in [-0.15, -0.1) is 0 Å². The van der Waals surface area contributed by atoms with Crippen LogP contribution in [-0.2, 0) is 11.3 Å². The van der Waals surface area contributed by atoms with Crippen LogP contribution in [0.4, 0.5) is 0 Å². The summed E-state index contributed by atoms with van der Waals surface area (Å²) in [6, 6.07) is 12.4. The Morgan fingerprint density at radius 3 is 2.65 bits per heavy atom. The van der Waals surface area contributed by atoms with Crippen LogP contribution >= 0.6 is 0 Å². The third-order valence-corrected chi connectivity index (χ3v) is 3.82. The SMILES string of the molecule is COc1ccc2cc(CN3CC(C(=O)O)C3)ccc2c1. The Balaban J connectivity index is 1.72. The number of fused-ring (bicyclic) bond motifs is 1. The van der Waals surface area contributed by atoms with Crippen molar-refractivity contribution in [1.29, 1.82) is 0 Å². The first-order valence-electron chi connectivity index (χ1n) is 6.67. The van der Waals surface area contributed by atoms with E-state index in [1.807, 2.05) is 18.2 Å². The number of carboxylic acids is 1. The summed E-state index contributed by atoms with van der Waals surface area (Å²) in [7, 11) is 1.66. The fourth-order valence-corrected chi connectivity index (χ4v) is 2.61. The fourth-order valence-electron chi connectivity index (χ4n) is 2.61. The van der Waals surface area contributed by atoms with E-state index in [1.165, 1.54) is 10.9 Å². The molecule has 0 amide bonds. The van der Waals surface area contributed by atoms with Crippen molar-refractivity contribution in [2.45, 2.75) is 6.54 Å². The number of aliphatic carboxylic acids is 1. The predicted octanol–water partition coefficient (Wildman–Crippen LogP) is 2.36. The summed E-state index contributed by atoms with van der Waals surface area (Å²) in [5.41, 5.74) is 1.21. The van der Waals surface area contributed by atoms with Crippen LogP contribution in [0.25, 0.3) is 10.8 Å². The van der Waals surface area contributed by atoms with Crippen LogP contribution in [0.2, 0.25) is 0 Å². The van der Waals surface area contributed by atoms with E-state index in [4.69, 9.17) is 9.84 Å². The van der Waals surface area contributed by atoms with Gasteiger partial charge in [0.25, 0.3) is 0 Å². The third kappa shape index (κ3) is 2.47.